The lowest BCUT2D eigenvalue weighted by molar-refractivity contribution is -0.165. The molecule has 31 heavy (non-hydrogen) atoms. The molecule has 0 unspecified atom stereocenters. The summed E-state index contributed by atoms with van der Waals surface area (Å²) in [7, 11) is 0. The summed E-state index contributed by atoms with van der Waals surface area (Å²) in [5.74, 6) is 0.181. The molecule has 1 aromatic carbocycles. The molecule has 0 radical (unpaired) electrons. The number of carbonyl (C=O) groups is 3. The van der Waals surface area contributed by atoms with Crippen LogP contribution in [0.4, 0.5) is 0 Å². The van der Waals surface area contributed by atoms with Crippen molar-refractivity contribution in [1.82, 2.24) is 19.7 Å². The molecule has 2 aromatic rings. The number of aryl methyl sites for hydroxylation is 1. The maximum absolute atomic E-state index is 13.0. The van der Waals surface area contributed by atoms with Crippen LogP contribution in [-0.4, -0.2) is 75.7 Å². The number of aromatic nitrogens is 1. The highest BCUT2D eigenvalue weighted by Crippen LogP contribution is 2.24. The second-order valence-corrected chi connectivity index (χ2v) is 9.16. The smallest absolute Gasteiger partial charge is 0.247 e. The minimum absolute atomic E-state index is 0.0307. The molecule has 2 fully saturated rings. The van der Waals surface area contributed by atoms with E-state index in [-0.39, 0.29) is 17.7 Å². The molecule has 1 N–H and O–H groups in total. The van der Waals surface area contributed by atoms with Gasteiger partial charge in [-0.15, -0.1) is 0 Å². The van der Waals surface area contributed by atoms with Crippen molar-refractivity contribution in [2.24, 2.45) is 5.92 Å². The fourth-order valence-electron chi connectivity index (χ4n) is 4.85. The molecule has 0 spiro atoms. The van der Waals surface area contributed by atoms with Gasteiger partial charge in [0.25, 0.3) is 0 Å². The number of hydrogen-bond donors (Lipinski definition) is 1. The summed E-state index contributed by atoms with van der Waals surface area (Å²) in [5, 5.41) is 1.19. The molecule has 3 amide bonds. The van der Waals surface area contributed by atoms with E-state index in [1.54, 1.807) is 16.7 Å². The van der Waals surface area contributed by atoms with Crippen LogP contribution in [0.3, 0.4) is 0 Å². The third kappa shape index (κ3) is 4.18. The van der Waals surface area contributed by atoms with Crippen LogP contribution in [0.15, 0.2) is 30.5 Å². The van der Waals surface area contributed by atoms with E-state index in [4.69, 9.17) is 0 Å². The van der Waals surface area contributed by atoms with Gasteiger partial charge in [0, 0.05) is 43.2 Å². The second-order valence-electron chi connectivity index (χ2n) is 9.16. The van der Waals surface area contributed by atoms with Crippen molar-refractivity contribution >= 4 is 28.6 Å². The molecule has 166 valence electrons. The number of amides is 3. The topological polar surface area (TPSA) is 76.7 Å². The van der Waals surface area contributed by atoms with Gasteiger partial charge in [-0.25, -0.2) is 0 Å². The van der Waals surface area contributed by atoms with Crippen molar-refractivity contribution in [2.45, 2.75) is 52.1 Å². The molecule has 2 saturated heterocycles. The Balaban J connectivity index is 1.39. The van der Waals surface area contributed by atoms with E-state index in [9.17, 15) is 14.4 Å². The lowest BCUT2D eigenvalue weighted by atomic mass is 10.0. The first-order valence-electron chi connectivity index (χ1n) is 11.3. The first-order chi connectivity index (χ1) is 14.9. The molecular weight excluding hydrogens is 392 g/mol. The first-order valence-corrected chi connectivity index (χ1v) is 11.3. The highest BCUT2D eigenvalue weighted by atomic mass is 16.2. The van der Waals surface area contributed by atoms with Crippen LogP contribution in [0, 0.1) is 5.92 Å². The number of aromatic amines is 1. The predicted octanol–water partition coefficient (Wildman–Crippen LogP) is 2.42. The maximum atomic E-state index is 13.0. The number of rotatable bonds is 6. The Morgan fingerprint density at radius 1 is 1.16 bits per heavy atom. The number of nitrogens with zero attached hydrogens (tertiary/aromatic N) is 3. The van der Waals surface area contributed by atoms with Gasteiger partial charge in [0.1, 0.15) is 12.1 Å². The van der Waals surface area contributed by atoms with E-state index in [0.717, 1.165) is 11.9 Å². The summed E-state index contributed by atoms with van der Waals surface area (Å²) in [4.78, 5) is 47.3. The Morgan fingerprint density at radius 3 is 2.71 bits per heavy atom. The van der Waals surface area contributed by atoms with Gasteiger partial charge in [0.2, 0.25) is 17.7 Å². The number of nitrogens with one attached hydrogen (secondary N) is 1. The van der Waals surface area contributed by atoms with Crippen LogP contribution in [0.25, 0.3) is 10.9 Å². The van der Waals surface area contributed by atoms with Crippen molar-refractivity contribution in [3.8, 4) is 0 Å². The Hall–Kier alpha value is -2.83. The highest BCUT2D eigenvalue weighted by molar-refractivity contribution is 5.95. The summed E-state index contributed by atoms with van der Waals surface area (Å²) in [6.45, 7) is 8.05. The van der Waals surface area contributed by atoms with E-state index in [1.165, 1.54) is 10.9 Å². The third-order valence-corrected chi connectivity index (χ3v) is 6.48. The minimum Gasteiger partial charge on any atom is -0.361 e. The first kappa shape index (κ1) is 21.4. The van der Waals surface area contributed by atoms with E-state index in [1.807, 2.05) is 29.3 Å². The van der Waals surface area contributed by atoms with Gasteiger partial charge in [-0.1, -0.05) is 32.0 Å². The molecule has 7 heteroatoms. The second kappa shape index (κ2) is 8.73. The molecular formula is C24H32N4O3. The van der Waals surface area contributed by atoms with Crippen LogP contribution in [0.1, 0.15) is 39.2 Å². The predicted molar refractivity (Wildman–Crippen MR) is 119 cm³/mol. The van der Waals surface area contributed by atoms with E-state index < -0.39 is 12.1 Å². The normalized spacial score (nSPS) is 21.9. The van der Waals surface area contributed by atoms with Crippen molar-refractivity contribution in [2.75, 3.05) is 26.2 Å². The standard InChI is InChI=1S/C24H32N4O3/c1-16(2)14-26-11-12-27-21(24(26)31)15-28(17(3)23(27)30)22(29)10-6-7-18-13-25-20-9-5-4-8-19(18)20/h4-5,8-9,13,16-17,21,25H,6-7,10-12,14-15H2,1-3H3/t17-,21-/m0/s1. The number of H-pyrrole nitrogens is 1. The van der Waals surface area contributed by atoms with E-state index in [2.05, 4.69) is 24.9 Å². The Kier molecular flexibility index (Phi) is 6.03. The zero-order valence-electron chi connectivity index (χ0n) is 18.6. The molecule has 1 aromatic heterocycles. The number of piperazine rings is 2. The SMILES string of the molecule is CC(C)CN1CCN2C(=O)[C@H](C)N(C(=O)CCCc3c[nH]c4ccccc34)C[C@H]2C1=O. The summed E-state index contributed by atoms with van der Waals surface area (Å²) in [6.07, 6.45) is 3.88. The van der Waals surface area contributed by atoms with Crippen LogP contribution >= 0.6 is 0 Å². The maximum Gasteiger partial charge on any atom is 0.247 e. The zero-order valence-corrected chi connectivity index (χ0v) is 18.6. The largest absolute Gasteiger partial charge is 0.361 e. The van der Waals surface area contributed by atoms with Gasteiger partial charge in [0.05, 0.1) is 6.54 Å². The van der Waals surface area contributed by atoms with Gasteiger partial charge in [-0.3, -0.25) is 14.4 Å². The van der Waals surface area contributed by atoms with Gasteiger partial charge in [-0.05, 0) is 37.3 Å². The third-order valence-electron chi connectivity index (χ3n) is 6.48. The van der Waals surface area contributed by atoms with Gasteiger partial charge < -0.3 is 19.7 Å². The molecule has 4 rings (SSSR count). The lowest BCUT2D eigenvalue weighted by Crippen LogP contribution is -2.70. The average molecular weight is 425 g/mol. The summed E-state index contributed by atoms with van der Waals surface area (Å²) in [5.41, 5.74) is 2.30. The van der Waals surface area contributed by atoms with Gasteiger partial charge >= 0.3 is 0 Å². The van der Waals surface area contributed by atoms with Crippen molar-refractivity contribution in [3.63, 3.8) is 0 Å². The fourth-order valence-corrected chi connectivity index (χ4v) is 4.85. The zero-order chi connectivity index (χ0) is 22.1. The monoisotopic (exact) mass is 424 g/mol. The Labute approximate surface area is 183 Å². The molecule has 2 aliphatic rings. The molecule has 3 heterocycles. The minimum atomic E-state index is -0.547. The number of fused-ring (bicyclic) bond motifs is 2. The number of benzene rings is 1. The van der Waals surface area contributed by atoms with Crippen molar-refractivity contribution in [3.05, 3.63) is 36.0 Å². The quantitative estimate of drug-likeness (QED) is 0.774. The number of para-hydroxylation sites is 1. The Morgan fingerprint density at radius 2 is 1.94 bits per heavy atom. The van der Waals surface area contributed by atoms with Crippen LogP contribution in [0.5, 0.6) is 0 Å². The molecule has 2 atom stereocenters. The molecule has 0 aliphatic carbocycles. The fraction of sp³-hybridized carbons (Fsp3) is 0.542. The molecule has 0 saturated carbocycles. The van der Waals surface area contributed by atoms with E-state index in [0.29, 0.717) is 44.9 Å². The lowest BCUT2D eigenvalue weighted by Gasteiger charge is -2.48. The van der Waals surface area contributed by atoms with E-state index >= 15 is 0 Å². The van der Waals surface area contributed by atoms with Crippen LogP contribution in [-0.2, 0) is 20.8 Å². The Bertz CT molecular complexity index is 982. The van der Waals surface area contributed by atoms with Gasteiger partial charge in [0.15, 0.2) is 0 Å². The summed E-state index contributed by atoms with van der Waals surface area (Å²) in [6, 6.07) is 7.08. The van der Waals surface area contributed by atoms with Gasteiger partial charge in [-0.2, -0.15) is 0 Å². The average Bonchev–Trinajstić information content (AvgIpc) is 3.15. The molecule has 7 nitrogen and oxygen atoms in total. The number of hydrogen-bond acceptors (Lipinski definition) is 3. The summed E-state index contributed by atoms with van der Waals surface area (Å²) >= 11 is 0. The molecule has 2 aliphatic heterocycles. The number of carbonyl (C=O) groups excluding carboxylic acids is 3. The van der Waals surface area contributed by atoms with Crippen molar-refractivity contribution in [1.29, 1.82) is 0 Å². The summed E-state index contributed by atoms with van der Waals surface area (Å²) < 4.78 is 0. The van der Waals surface area contributed by atoms with Crippen molar-refractivity contribution < 1.29 is 14.4 Å². The highest BCUT2D eigenvalue weighted by Gasteiger charge is 2.46. The van der Waals surface area contributed by atoms with Crippen LogP contribution in [0.2, 0.25) is 0 Å². The van der Waals surface area contributed by atoms with Crippen LogP contribution < -0.4 is 0 Å². The molecule has 0 bridgehead atoms.